The van der Waals surface area contributed by atoms with Gasteiger partial charge in [-0.2, -0.15) is 13.2 Å². The average Bonchev–Trinajstić information content (AvgIpc) is 2.60. The number of sulfonamides is 1. The van der Waals surface area contributed by atoms with E-state index in [9.17, 15) is 26.4 Å². The van der Waals surface area contributed by atoms with Gasteiger partial charge in [0.25, 0.3) is 5.91 Å². The van der Waals surface area contributed by atoms with Gasteiger partial charge in [0.05, 0.1) is 16.3 Å². The molecule has 0 spiro atoms. The van der Waals surface area contributed by atoms with Gasteiger partial charge in [0.2, 0.25) is 10.0 Å². The summed E-state index contributed by atoms with van der Waals surface area (Å²) >= 11 is 5.93. The molecule has 2 rings (SSSR count). The van der Waals surface area contributed by atoms with Crippen molar-refractivity contribution in [1.29, 1.82) is 0 Å². The van der Waals surface area contributed by atoms with Crippen molar-refractivity contribution in [3.8, 4) is 0 Å². The summed E-state index contributed by atoms with van der Waals surface area (Å²) in [4.78, 5) is 13.7. The topological polar surface area (TPSA) is 69.7 Å². The number of anilines is 2. The van der Waals surface area contributed by atoms with Crippen LogP contribution in [0.4, 0.5) is 24.5 Å². The van der Waals surface area contributed by atoms with E-state index in [1.807, 2.05) is 0 Å². The Morgan fingerprint density at radius 1 is 1.03 bits per heavy atom. The molecule has 0 unspecified atom stereocenters. The van der Waals surface area contributed by atoms with Crippen molar-refractivity contribution in [2.75, 3.05) is 38.4 Å². The molecule has 29 heavy (non-hydrogen) atoms. The standard InChI is InChI=1S/C18H19ClF3N3O3S/c1-24(2)12-6-8-15(13(10-12)18(20,21)22)23-17(26)11-5-7-14(19)16(9-11)29(27,28)25(3)4/h5-10H,1-4H3,(H,23,26). The molecule has 2 aromatic carbocycles. The van der Waals surface area contributed by atoms with E-state index in [0.717, 1.165) is 22.5 Å². The molecular formula is C18H19ClF3N3O3S. The second-order valence-electron chi connectivity index (χ2n) is 6.51. The predicted octanol–water partition coefficient (Wildman–Crippen LogP) is 3.93. The number of nitrogens with zero attached hydrogens (tertiary/aromatic N) is 2. The van der Waals surface area contributed by atoms with Gasteiger partial charge in [-0.3, -0.25) is 4.79 Å². The molecule has 0 radical (unpaired) electrons. The Balaban J connectivity index is 2.46. The highest BCUT2D eigenvalue weighted by Gasteiger charge is 2.34. The molecule has 0 aliphatic rings. The summed E-state index contributed by atoms with van der Waals surface area (Å²) in [5, 5.41) is 2.09. The Kier molecular flexibility index (Phi) is 6.51. The van der Waals surface area contributed by atoms with Crippen LogP contribution < -0.4 is 10.2 Å². The highest BCUT2D eigenvalue weighted by Crippen LogP contribution is 2.37. The molecule has 0 heterocycles. The van der Waals surface area contributed by atoms with Crippen molar-refractivity contribution in [2.45, 2.75) is 11.1 Å². The fourth-order valence-corrected chi connectivity index (χ4v) is 3.78. The molecule has 0 bridgehead atoms. The Labute approximate surface area is 171 Å². The quantitative estimate of drug-likeness (QED) is 0.751. The minimum absolute atomic E-state index is 0.110. The van der Waals surface area contributed by atoms with E-state index in [-0.39, 0.29) is 15.5 Å². The van der Waals surface area contributed by atoms with Crippen LogP contribution in [-0.2, 0) is 16.2 Å². The second kappa shape index (κ2) is 8.21. The lowest BCUT2D eigenvalue weighted by molar-refractivity contribution is -0.136. The van der Waals surface area contributed by atoms with Gasteiger partial charge in [-0.15, -0.1) is 0 Å². The zero-order valence-corrected chi connectivity index (χ0v) is 17.6. The lowest BCUT2D eigenvalue weighted by Crippen LogP contribution is -2.23. The molecular weight excluding hydrogens is 431 g/mol. The third kappa shape index (κ3) is 5.01. The monoisotopic (exact) mass is 449 g/mol. The Morgan fingerprint density at radius 3 is 2.17 bits per heavy atom. The maximum atomic E-state index is 13.4. The zero-order chi connectivity index (χ0) is 22.1. The van der Waals surface area contributed by atoms with Crippen LogP contribution >= 0.6 is 11.6 Å². The molecule has 2 aromatic rings. The lowest BCUT2D eigenvalue weighted by Gasteiger charge is -2.19. The van der Waals surface area contributed by atoms with Crippen molar-refractivity contribution in [3.63, 3.8) is 0 Å². The maximum Gasteiger partial charge on any atom is 0.418 e. The first kappa shape index (κ1) is 23.0. The lowest BCUT2D eigenvalue weighted by atomic mass is 10.1. The number of hydrogen-bond donors (Lipinski definition) is 1. The minimum Gasteiger partial charge on any atom is -0.378 e. The fourth-order valence-electron chi connectivity index (χ4n) is 2.39. The van der Waals surface area contributed by atoms with Crippen molar-refractivity contribution in [1.82, 2.24) is 4.31 Å². The fraction of sp³-hybridized carbons (Fsp3) is 0.278. The highest BCUT2D eigenvalue weighted by molar-refractivity contribution is 7.89. The van der Waals surface area contributed by atoms with Crippen molar-refractivity contribution in [2.24, 2.45) is 0 Å². The van der Waals surface area contributed by atoms with E-state index in [0.29, 0.717) is 5.69 Å². The van der Waals surface area contributed by atoms with Crippen LogP contribution in [0, 0.1) is 0 Å². The summed E-state index contributed by atoms with van der Waals surface area (Å²) in [6.45, 7) is 0. The van der Waals surface area contributed by atoms with Crippen LogP contribution in [0.15, 0.2) is 41.3 Å². The number of alkyl halides is 3. The molecule has 6 nitrogen and oxygen atoms in total. The van der Waals surface area contributed by atoms with Gasteiger partial charge in [-0.25, -0.2) is 12.7 Å². The Hall–Kier alpha value is -2.30. The number of rotatable bonds is 5. The van der Waals surface area contributed by atoms with Gasteiger partial charge < -0.3 is 10.2 Å². The molecule has 158 valence electrons. The van der Waals surface area contributed by atoms with Crippen LogP contribution in [0.5, 0.6) is 0 Å². The van der Waals surface area contributed by atoms with Gasteiger partial charge in [0, 0.05) is 39.4 Å². The molecule has 0 atom stereocenters. The van der Waals surface area contributed by atoms with E-state index in [2.05, 4.69) is 5.32 Å². The summed E-state index contributed by atoms with van der Waals surface area (Å²) in [6.07, 6.45) is -4.70. The van der Waals surface area contributed by atoms with E-state index in [1.54, 1.807) is 14.1 Å². The van der Waals surface area contributed by atoms with Gasteiger partial charge in [-0.1, -0.05) is 11.6 Å². The summed E-state index contributed by atoms with van der Waals surface area (Å²) in [5.74, 6) is -0.903. The van der Waals surface area contributed by atoms with Crippen LogP contribution in [-0.4, -0.2) is 46.8 Å². The van der Waals surface area contributed by atoms with E-state index in [1.165, 1.54) is 37.2 Å². The Bertz CT molecular complexity index is 1040. The molecule has 0 saturated carbocycles. The summed E-state index contributed by atoms with van der Waals surface area (Å²) in [6, 6.07) is 6.94. The highest BCUT2D eigenvalue weighted by atomic mass is 35.5. The molecule has 0 aromatic heterocycles. The molecule has 0 fully saturated rings. The second-order valence-corrected chi connectivity index (χ2v) is 9.04. The third-order valence-corrected chi connectivity index (χ3v) is 6.32. The van der Waals surface area contributed by atoms with Crippen molar-refractivity contribution in [3.05, 3.63) is 52.5 Å². The Morgan fingerprint density at radius 2 is 1.66 bits per heavy atom. The molecule has 1 N–H and O–H groups in total. The number of amides is 1. The number of halogens is 4. The minimum atomic E-state index is -4.70. The molecule has 0 aliphatic carbocycles. The SMILES string of the molecule is CN(C)c1ccc(NC(=O)c2ccc(Cl)c(S(=O)(=O)N(C)C)c2)c(C(F)(F)F)c1. The first-order valence-electron chi connectivity index (χ1n) is 8.17. The van der Waals surface area contributed by atoms with Crippen molar-refractivity contribution < 1.29 is 26.4 Å². The van der Waals surface area contributed by atoms with Gasteiger partial charge >= 0.3 is 6.18 Å². The number of hydrogen-bond acceptors (Lipinski definition) is 4. The normalized spacial score (nSPS) is 12.2. The molecule has 0 aliphatic heterocycles. The predicted molar refractivity (Wildman–Crippen MR) is 106 cm³/mol. The maximum absolute atomic E-state index is 13.4. The summed E-state index contributed by atoms with van der Waals surface area (Å²) in [7, 11) is 1.82. The number of benzene rings is 2. The van der Waals surface area contributed by atoms with E-state index >= 15 is 0 Å². The smallest absolute Gasteiger partial charge is 0.378 e. The average molecular weight is 450 g/mol. The first-order valence-corrected chi connectivity index (χ1v) is 9.99. The molecule has 0 saturated heterocycles. The number of carbonyl (C=O) groups excluding carboxylic acids is 1. The largest absolute Gasteiger partial charge is 0.418 e. The van der Waals surface area contributed by atoms with Crippen molar-refractivity contribution >= 4 is 38.9 Å². The van der Waals surface area contributed by atoms with Gasteiger partial charge in [0.1, 0.15) is 4.90 Å². The van der Waals surface area contributed by atoms with Crippen LogP contribution in [0.25, 0.3) is 0 Å². The summed E-state index contributed by atoms with van der Waals surface area (Å²) < 4.78 is 65.9. The number of nitrogens with one attached hydrogen (secondary N) is 1. The molecule has 1 amide bonds. The van der Waals surface area contributed by atoms with Crippen LogP contribution in [0.3, 0.4) is 0 Å². The van der Waals surface area contributed by atoms with E-state index in [4.69, 9.17) is 11.6 Å². The van der Waals surface area contributed by atoms with Gasteiger partial charge in [-0.05, 0) is 36.4 Å². The molecule has 11 heteroatoms. The van der Waals surface area contributed by atoms with Gasteiger partial charge in [0.15, 0.2) is 0 Å². The number of carbonyl (C=O) groups is 1. The third-order valence-electron chi connectivity index (χ3n) is 4.03. The van der Waals surface area contributed by atoms with Crippen LogP contribution in [0.1, 0.15) is 15.9 Å². The summed E-state index contributed by atoms with van der Waals surface area (Å²) in [5.41, 5.74) is -1.31. The first-order chi connectivity index (χ1) is 13.2. The zero-order valence-electron chi connectivity index (χ0n) is 16.0. The van der Waals surface area contributed by atoms with Crippen LogP contribution in [0.2, 0.25) is 5.02 Å². The van der Waals surface area contributed by atoms with E-state index < -0.39 is 33.4 Å².